The summed E-state index contributed by atoms with van der Waals surface area (Å²) in [5, 5.41) is 3.92. The van der Waals surface area contributed by atoms with E-state index in [9.17, 15) is 18.8 Å². The van der Waals surface area contributed by atoms with Gasteiger partial charge >= 0.3 is 0 Å². The Labute approximate surface area is 165 Å². The highest BCUT2D eigenvalue weighted by Crippen LogP contribution is 2.26. The van der Waals surface area contributed by atoms with Crippen LogP contribution in [0.1, 0.15) is 27.2 Å². The molecule has 28 heavy (non-hydrogen) atoms. The topological polar surface area (TPSA) is 97.4 Å². The minimum atomic E-state index is -0.573. The number of hydrogen-bond acceptors (Lipinski definition) is 6. The van der Waals surface area contributed by atoms with Crippen molar-refractivity contribution in [1.82, 2.24) is 15.6 Å². The predicted octanol–water partition coefficient (Wildman–Crippen LogP) is 2.36. The number of aromatic nitrogens is 1. The smallest absolute Gasteiger partial charge is 0.286 e. The van der Waals surface area contributed by atoms with E-state index in [1.54, 1.807) is 31.2 Å². The highest BCUT2D eigenvalue weighted by Gasteiger charge is 2.32. The quantitative estimate of drug-likeness (QED) is 0.769. The molecule has 9 heteroatoms. The Morgan fingerprint density at radius 1 is 1.32 bits per heavy atom. The molecule has 1 aliphatic heterocycles. The molecule has 0 saturated carbocycles. The maximum absolute atomic E-state index is 13.7. The first-order chi connectivity index (χ1) is 13.4. The van der Waals surface area contributed by atoms with Crippen molar-refractivity contribution in [3.05, 3.63) is 58.5 Å². The van der Waals surface area contributed by atoms with Gasteiger partial charge in [0.05, 0.1) is 12.4 Å². The van der Waals surface area contributed by atoms with E-state index in [-0.39, 0.29) is 30.3 Å². The molecule has 0 spiro atoms. The van der Waals surface area contributed by atoms with Crippen LogP contribution >= 0.6 is 11.8 Å². The van der Waals surface area contributed by atoms with E-state index in [0.717, 1.165) is 11.8 Å². The van der Waals surface area contributed by atoms with Gasteiger partial charge in [-0.1, -0.05) is 30.0 Å². The summed E-state index contributed by atoms with van der Waals surface area (Å²) in [6, 6.07) is 7.75. The van der Waals surface area contributed by atoms with E-state index in [4.69, 9.17) is 4.74 Å². The minimum absolute atomic E-state index is 0.00720. The zero-order valence-corrected chi connectivity index (χ0v) is 16.1. The average molecular weight is 403 g/mol. The van der Waals surface area contributed by atoms with Gasteiger partial charge in [-0.2, -0.15) is 0 Å². The molecule has 1 aliphatic rings. The lowest BCUT2D eigenvalue weighted by atomic mass is 10.0. The predicted molar refractivity (Wildman–Crippen MR) is 102 cm³/mol. The van der Waals surface area contributed by atoms with Gasteiger partial charge in [-0.05, 0) is 31.0 Å². The molecule has 1 aromatic heterocycles. The Morgan fingerprint density at radius 2 is 2.07 bits per heavy atom. The van der Waals surface area contributed by atoms with Gasteiger partial charge in [-0.25, -0.2) is 9.37 Å². The van der Waals surface area contributed by atoms with Gasteiger partial charge in [-0.3, -0.25) is 19.7 Å². The van der Waals surface area contributed by atoms with Crippen molar-refractivity contribution in [3.63, 3.8) is 0 Å². The molecule has 2 aromatic rings. The van der Waals surface area contributed by atoms with Crippen molar-refractivity contribution in [3.8, 4) is 5.88 Å². The summed E-state index contributed by atoms with van der Waals surface area (Å²) >= 11 is 0.910. The highest BCUT2D eigenvalue weighted by molar-refractivity contribution is 8.15. The fourth-order valence-corrected chi connectivity index (χ4v) is 3.64. The van der Waals surface area contributed by atoms with Gasteiger partial charge in [0.1, 0.15) is 11.4 Å². The number of amides is 3. The molecule has 146 valence electrons. The number of methoxy groups -OCH3 is 1. The number of thioether (sulfide) groups is 1. The number of carbonyl (C=O) groups is 3. The van der Waals surface area contributed by atoms with Crippen LogP contribution in [0.2, 0.25) is 0 Å². The molecule has 2 heterocycles. The van der Waals surface area contributed by atoms with Gasteiger partial charge < -0.3 is 10.1 Å². The van der Waals surface area contributed by atoms with Crippen LogP contribution in [0, 0.1) is 12.7 Å². The molecule has 1 unspecified atom stereocenters. The van der Waals surface area contributed by atoms with Crippen molar-refractivity contribution < 1.29 is 23.5 Å². The Hall–Kier alpha value is -2.94. The largest absolute Gasteiger partial charge is 0.480 e. The number of ether oxygens (including phenoxy) is 1. The number of halogens is 1. The third kappa shape index (κ3) is 4.30. The summed E-state index contributed by atoms with van der Waals surface area (Å²) in [7, 11) is 1.40. The standard InChI is InChI=1S/C19H18FN3O4S/c1-10-12(8-15-17(25)23-19(26)28-15)7-13(18(22-10)27-2)16(24)21-9-11-5-3-4-6-14(11)20/h3-7,15H,8-9H2,1-2H3,(H,21,24)(H,23,25,26). The number of pyridine rings is 1. The molecule has 0 aliphatic carbocycles. The van der Waals surface area contributed by atoms with Gasteiger partial charge in [-0.15, -0.1) is 0 Å². The Kier molecular flexibility index (Phi) is 5.93. The van der Waals surface area contributed by atoms with Crippen LogP contribution < -0.4 is 15.4 Å². The van der Waals surface area contributed by atoms with Gasteiger partial charge in [0, 0.05) is 17.8 Å². The van der Waals surface area contributed by atoms with E-state index in [1.807, 2.05) is 0 Å². The van der Waals surface area contributed by atoms with Crippen LogP contribution in [-0.2, 0) is 17.8 Å². The maximum atomic E-state index is 13.7. The Bertz CT molecular complexity index is 951. The van der Waals surface area contributed by atoms with Crippen molar-refractivity contribution in [2.45, 2.75) is 25.1 Å². The molecule has 1 fully saturated rings. The van der Waals surface area contributed by atoms with E-state index < -0.39 is 22.2 Å². The number of carbonyl (C=O) groups excluding carboxylic acids is 3. The molecule has 0 radical (unpaired) electrons. The second kappa shape index (κ2) is 8.39. The second-order valence-corrected chi connectivity index (χ2v) is 7.33. The van der Waals surface area contributed by atoms with E-state index in [0.29, 0.717) is 16.8 Å². The summed E-state index contributed by atoms with van der Waals surface area (Å²) in [5.74, 6) is -1.12. The van der Waals surface area contributed by atoms with Crippen molar-refractivity contribution in [2.75, 3.05) is 7.11 Å². The van der Waals surface area contributed by atoms with Crippen LogP contribution in [0.5, 0.6) is 5.88 Å². The zero-order valence-electron chi connectivity index (χ0n) is 15.2. The molecule has 3 amide bonds. The molecule has 1 atom stereocenters. The van der Waals surface area contributed by atoms with Crippen LogP contribution in [-0.4, -0.2) is 34.4 Å². The molecule has 1 saturated heterocycles. The van der Waals surface area contributed by atoms with E-state index >= 15 is 0 Å². The number of rotatable bonds is 6. The van der Waals surface area contributed by atoms with Crippen LogP contribution in [0.25, 0.3) is 0 Å². The minimum Gasteiger partial charge on any atom is -0.480 e. The maximum Gasteiger partial charge on any atom is 0.286 e. The zero-order chi connectivity index (χ0) is 20.3. The molecular weight excluding hydrogens is 385 g/mol. The summed E-state index contributed by atoms with van der Waals surface area (Å²) in [4.78, 5) is 40.1. The summed E-state index contributed by atoms with van der Waals surface area (Å²) in [5.41, 5.74) is 1.77. The number of benzene rings is 1. The first kappa shape index (κ1) is 19.8. The molecular formula is C19H18FN3O4S. The second-order valence-electron chi connectivity index (χ2n) is 6.15. The third-order valence-electron chi connectivity index (χ3n) is 4.29. The van der Waals surface area contributed by atoms with Gasteiger partial charge in [0.25, 0.3) is 11.1 Å². The van der Waals surface area contributed by atoms with Gasteiger partial charge in [0.2, 0.25) is 11.8 Å². The monoisotopic (exact) mass is 403 g/mol. The lowest BCUT2D eigenvalue weighted by Crippen LogP contribution is -2.27. The molecule has 7 nitrogen and oxygen atoms in total. The number of aryl methyl sites for hydroxylation is 1. The fraction of sp³-hybridized carbons (Fsp3) is 0.263. The number of nitrogens with zero attached hydrogens (tertiary/aromatic N) is 1. The van der Waals surface area contributed by atoms with E-state index in [1.165, 1.54) is 13.2 Å². The van der Waals surface area contributed by atoms with Crippen molar-refractivity contribution >= 4 is 28.8 Å². The van der Waals surface area contributed by atoms with Crippen LogP contribution in [0.15, 0.2) is 30.3 Å². The molecule has 2 N–H and O–H groups in total. The van der Waals surface area contributed by atoms with Crippen LogP contribution in [0.3, 0.4) is 0 Å². The number of nitrogens with one attached hydrogen (secondary N) is 2. The highest BCUT2D eigenvalue weighted by atomic mass is 32.2. The lowest BCUT2D eigenvalue weighted by molar-refractivity contribution is -0.118. The normalized spacial score (nSPS) is 16.0. The first-order valence-electron chi connectivity index (χ1n) is 8.46. The molecule has 1 aromatic carbocycles. The van der Waals surface area contributed by atoms with E-state index in [2.05, 4.69) is 15.6 Å². The van der Waals surface area contributed by atoms with Crippen molar-refractivity contribution in [1.29, 1.82) is 0 Å². The Morgan fingerprint density at radius 3 is 2.71 bits per heavy atom. The Balaban J connectivity index is 1.81. The summed E-state index contributed by atoms with van der Waals surface area (Å²) < 4.78 is 18.9. The number of imide groups is 1. The SMILES string of the molecule is COc1nc(C)c(CC2SC(=O)NC2=O)cc1C(=O)NCc1ccccc1F. The average Bonchev–Trinajstić information content (AvgIpc) is 2.99. The molecule has 3 rings (SSSR count). The lowest BCUT2D eigenvalue weighted by Gasteiger charge is -2.14. The number of hydrogen-bond donors (Lipinski definition) is 2. The van der Waals surface area contributed by atoms with Crippen LogP contribution in [0.4, 0.5) is 9.18 Å². The third-order valence-corrected chi connectivity index (χ3v) is 5.27. The summed E-state index contributed by atoms with van der Waals surface area (Å²) in [6.07, 6.45) is 0.249. The fourth-order valence-electron chi connectivity index (χ4n) is 2.79. The van der Waals surface area contributed by atoms with Crippen molar-refractivity contribution in [2.24, 2.45) is 0 Å². The summed E-state index contributed by atoms with van der Waals surface area (Å²) in [6.45, 7) is 1.74. The molecule has 0 bridgehead atoms. The first-order valence-corrected chi connectivity index (χ1v) is 9.34. The van der Waals surface area contributed by atoms with Gasteiger partial charge in [0.15, 0.2) is 0 Å².